The Balaban J connectivity index is 0.00000128. The van der Waals surface area contributed by atoms with E-state index >= 15 is 0 Å². The molecule has 0 radical (unpaired) electrons. The molecule has 0 saturated carbocycles. The fourth-order valence-electron chi connectivity index (χ4n) is 1.58. The maximum absolute atomic E-state index is 13.4. The Bertz CT molecular complexity index is 480. The Morgan fingerprint density at radius 2 is 2.00 bits per heavy atom. The molecule has 0 aliphatic rings. The number of hydrogen-bond acceptors (Lipinski definition) is 1. The molecule has 2 aromatic rings. The number of aryl methyl sites for hydroxylation is 1. The van der Waals surface area contributed by atoms with Gasteiger partial charge in [-0.2, -0.15) is 0 Å². The lowest BCUT2D eigenvalue weighted by Gasteiger charge is -2.01. The lowest BCUT2D eigenvalue weighted by atomic mass is 10.2. The second kappa shape index (κ2) is 4.90. The van der Waals surface area contributed by atoms with Crippen LogP contribution in [0.3, 0.4) is 0 Å². The quantitative estimate of drug-likeness (QED) is 0.712. The third-order valence-electron chi connectivity index (χ3n) is 2.69. The van der Waals surface area contributed by atoms with E-state index in [4.69, 9.17) is 0 Å². The van der Waals surface area contributed by atoms with E-state index in [1.165, 1.54) is 6.07 Å². The summed E-state index contributed by atoms with van der Waals surface area (Å²) < 4.78 is 17.4. The van der Waals surface area contributed by atoms with Gasteiger partial charge in [0.05, 0.1) is 7.05 Å². The van der Waals surface area contributed by atoms with Crippen molar-refractivity contribution in [1.82, 2.24) is 4.57 Å². The van der Waals surface area contributed by atoms with Gasteiger partial charge in [0.25, 0.3) is 5.82 Å². The molecule has 0 aliphatic carbocycles. The van der Waals surface area contributed by atoms with Gasteiger partial charge < -0.3 is 5.48 Å². The number of nitrogens with zero attached hydrogens (tertiary/aromatic N) is 2. The first kappa shape index (κ1) is 12.4. The fraction of sp³-hybridized carbons (Fsp3) is 0.250. The number of rotatable bonds is 2. The van der Waals surface area contributed by atoms with Crippen molar-refractivity contribution in [3.63, 3.8) is 0 Å². The highest BCUT2D eigenvalue weighted by atomic mass is 19.1. The lowest BCUT2D eigenvalue weighted by Crippen LogP contribution is -2.29. The Kier molecular flexibility index (Phi) is 3.79. The molecule has 0 spiro atoms. The molecule has 1 N–H and O–H groups in total. The first-order valence-electron chi connectivity index (χ1n) is 4.93. The van der Waals surface area contributed by atoms with E-state index in [0.717, 1.165) is 11.4 Å². The van der Waals surface area contributed by atoms with Crippen LogP contribution < -0.4 is 4.57 Å². The average molecular weight is 222 g/mol. The van der Waals surface area contributed by atoms with E-state index in [2.05, 4.69) is 0 Å². The highest BCUT2D eigenvalue weighted by Gasteiger charge is 2.11. The summed E-state index contributed by atoms with van der Waals surface area (Å²) in [4.78, 5) is 0. The van der Waals surface area contributed by atoms with Crippen LogP contribution in [0.1, 0.15) is 11.4 Å². The molecule has 3 nitrogen and oxygen atoms in total. The third-order valence-corrected chi connectivity index (χ3v) is 2.69. The predicted molar refractivity (Wildman–Crippen MR) is 57.8 cm³/mol. The van der Waals surface area contributed by atoms with Gasteiger partial charge in [0.2, 0.25) is 0 Å². The molecule has 2 rings (SSSR count). The van der Waals surface area contributed by atoms with Gasteiger partial charge in [0.1, 0.15) is 24.8 Å². The van der Waals surface area contributed by atoms with Crippen LogP contribution in [-0.4, -0.2) is 10.0 Å². The molecule has 1 aromatic heterocycles. The highest BCUT2D eigenvalue weighted by molar-refractivity contribution is 5.17. The van der Waals surface area contributed by atoms with Crippen molar-refractivity contribution < 1.29 is 14.4 Å². The highest BCUT2D eigenvalue weighted by Crippen LogP contribution is 2.08. The van der Waals surface area contributed by atoms with E-state index in [1.54, 1.807) is 6.07 Å². The first-order chi connectivity index (χ1) is 7.18. The van der Waals surface area contributed by atoms with E-state index in [0.29, 0.717) is 6.54 Å². The van der Waals surface area contributed by atoms with Gasteiger partial charge in [0.15, 0.2) is 0 Å². The second-order valence-electron chi connectivity index (χ2n) is 3.68. The zero-order valence-corrected chi connectivity index (χ0v) is 9.39. The van der Waals surface area contributed by atoms with E-state index < -0.39 is 0 Å². The van der Waals surface area contributed by atoms with Crippen LogP contribution in [0, 0.1) is 12.7 Å². The monoisotopic (exact) mass is 222 g/mol. The molecular weight excluding hydrogens is 207 g/mol. The number of benzene rings is 1. The topological polar surface area (TPSA) is 38.8 Å². The molecule has 0 atom stereocenters. The maximum Gasteiger partial charge on any atom is 0.253 e. The average Bonchev–Trinajstić information content (AvgIpc) is 2.53. The zero-order valence-electron chi connectivity index (χ0n) is 9.39. The van der Waals surface area contributed by atoms with E-state index in [-0.39, 0.29) is 11.3 Å². The van der Waals surface area contributed by atoms with Crippen molar-refractivity contribution in [1.29, 1.82) is 0 Å². The van der Waals surface area contributed by atoms with Crippen molar-refractivity contribution in [2.24, 2.45) is 7.05 Å². The molecule has 0 saturated heterocycles. The normalized spacial score (nSPS) is 9.94. The molecule has 0 fully saturated rings. The van der Waals surface area contributed by atoms with Gasteiger partial charge in [-0.3, -0.25) is 0 Å². The molecule has 0 amide bonds. The van der Waals surface area contributed by atoms with Gasteiger partial charge in [-0.05, 0) is 6.07 Å². The summed E-state index contributed by atoms with van der Waals surface area (Å²) in [5.74, 6) is 0.964. The number of halogens is 1. The standard InChI is InChI=1S/C12H14FN2.H2O/c1-10-14(2)7-8-15(10)9-11-5-3-4-6-12(11)13;/h3-8H,9H2,1-2H3;1H2/q+1;/p-1. The summed E-state index contributed by atoms with van der Waals surface area (Å²) >= 11 is 0. The molecule has 0 bridgehead atoms. The van der Waals surface area contributed by atoms with Gasteiger partial charge in [-0.25, -0.2) is 13.5 Å². The van der Waals surface area contributed by atoms with Gasteiger partial charge >= 0.3 is 0 Å². The Hall–Kier alpha value is -1.68. The number of aromatic nitrogens is 2. The van der Waals surface area contributed by atoms with Crippen LogP contribution >= 0.6 is 0 Å². The molecule has 4 heteroatoms. The summed E-state index contributed by atoms with van der Waals surface area (Å²) in [6.45, 7) is 2.60. The number of imidazole rings is 1. The van der Waals surface area contributed by atoms with Crippen LogP contribution in [0.25, 0.3) is 0 Å². The molecule has 0 aliphatic heterocycles. The third kappa shape index (κ3) is 2.28. The van der Waals surface area contributed by atoms with Crippen LogP contribution in [0.15, 0.2) is 36.7 Å². The summed E-state index contributed by atoms with van der Waals surface area (Å²) in [5, 5.41) is 0. The second-order valence-corrected chi connectivity index (χ2v) is 3.68. The van der Waals surface area contributed by atoms with Crippen molar-refractivity contribution in [2.45, 2.75) is 13.5 Å². The molecule has 86 valence electrons. The maximum atomic E-state index is 13.4. The molecule has 1 heterocycles. The van der Waals surface area contributed by atoms with Crippen molar-refractivity contribution >= 4 is 0 Å². The molecule has 16 heavy (non-hydrogen) atoms. The minimum atomic E-state index is -0.145. The number of hydrogen-bond donors (Lipinski definition) is 0. The van der Waals surface area contributed by atoms with Gasteiger partial charge in [-0.1, -0.05) is 18.2 Å². The fourth-order valence-corrected chi connectivity index (χ4v) is 1.58. The molecular formula is C12H15FN2O. The minimum Gasteiger partial charge on any atom is -0.870 e. The van der Waals surface area contributed by atoms with E-state index in [9.17, 15) is 4.39 Å². The Morgan fingerprint density at radius 3 is 2.56 bits per heavy atom. The van der Waals surface area contributed by atoms with Crippen LogP contribution in [0.4, 0.5) is 4.39 Å². The Morgan fingerprint density at radius 1 is 1.31 bits per heavy atom. The first-order valence-corrected chi connectivity index (χ1v) is 4.93. The smallest absolute Gasteiger partial charge is 0.253 e. The van der Waals surface area contributed by atoms with Crippen LogP contribution in [0.5, 0.6) is 0 Å². The summed E-state index contributed by atoms with van der Waals surface area (Å²) in [7, 11) is 1.98. The largest absolute Gasteiger partial charge is 0.870 e. The predicted octanol–water partition coefficient (Wildman–Crippen LogP) is 1.63. The van der Waals surface area contributed by atoms with Gasteiger partial charge in [0, 0.05) is 12.5 Å². The lowest BCUT2D eigenvalue weighted by molar-refractivity contribution is -0.677. The zero-order chi connectivity index (χ0) is 10.8. The summed E-state index contributed by atoms with van der Waals surface area (Å²) in [5.41, 5.74) is 0.719. The van der Waals surface area contributed by atoms with Crippen LogP contribution in [0.2, 0.25) is 0 Å². The SMILES string of the molecule is Cc1n(Cc2ccccc2F)cc[n+]1C.[OH-]. The Labute approximate surface area is 94.1 Å². The minimum absolute atomic E-state index is 0. The van der Waals surface area contributed by atoms with Crippen molar-refractivity contribution in [3.05, 3.63) is 53.9 Å². The van der Waals surface area contributed by atoms with Crippen molar-refractivity contribution in [2.75, 3.05) is 0 Å². The van der Waals surface area contributed by atoms with Crippen LogP contribution in [-0.2, 0) is 13.6 Å². The molecule has 0 unspecified atom stereocenters. The molecule has 1 aromatic carbocycles. The summed E-state index contributed by atoms with van der Waals surface area (Å²) in [6, 6.07) is 6.88. The van der Waals surface area contributed by atoms with E-state index in [1.807, 2.05) is 47.6 Å². The van der Waals surface area contributed by atoms with Crippen molar-refractivity contribution in [3.8, 4) is 0 Å². The summed E-state index contributed by atoms with van der Waals surface area (Å²) in [6.07, 6.45) is 3.93. The van der Waals surface area contributed by atoms with Gasteiger partial charge in [-0.15, -0.1) is 0 Å².